The molecular formula is C9H14Y-2. The van der Waals surface area contributed by atoms with E-state index in [1.54, 1.807) is 6.08 Å². The molecule has 0 amide bonds. The molecule has 0 bridgehead atoms. The fourth-order valence-electron chi connectivity index (χ4n) is 0.433. The summed E-state index contributed by atoms with van der Waals surface area (Å²) < 4.78 is 0. The van der Waals surface area contributed by atoms with Crippen LogP contribution in [-0.2, 0) is 32.7 Å². The summed E-state index contributed by atoms with van der Waals surface area (Å²) in [5.41, 5.74) is 0.333. The number of rotatable bonds is 2. The normalized spacial score (nSPS) is 11.1. The van der Waals surface area contributed by atoms with Gasteiger partial charge in [0.2, 0.25) is 0 Å². The molecule has 0 saturated heterocycles. The van der Waals surface area contributed by atoms with Gasteiger partial charge in [-0.2, -0.15) is 0 Å². The van der Waals surface area contributed by atoms with E-state index in [1.807, 2.05) is 0 Å². The first-order valence-corrected chi connectivity index (χ1v) is 3.16. The Morgan fingerprint density at radius 3 is 2.20 bits per heavy atom. The van der Waals surface area contributed by atoms with Crippen LogP contribution in [0, 0.1) is 18.1 Å². The zero-order chi connectivity index (χ0) is 7.33. The Hall–Kier alpha value is 0.584. The Morgan fingerprint density at radius 1 is 1.40 bits per heavy atom. The molecule has 0 aliphatic carbocycles. The second kappa shape index (κ2) is 6.30. The molecule has 0 aromatic heterocycles. The molecule has 55 valence electrons. The minimum absolute atomic E-state index is 0. The van der Waals surface area contributed by atoms with Gasteiger partial charge in [0.25, 0.3) is 0 Å². The van der Waals surface area contributed by atoms with Gasteiger partial charge in [0.1, 0.15) is 0 Å². The van der Waals surface area contributed by atoms with E-state index < -0.39 is 0 Å². The van der Waals surface area contributed by atoms with E-state index in [4.69, 9.17) is 6.58 Å². The maximum atomic E-state index is 5.11. The summed E-state index contributed by atoms with van der Waals surface area (Å²) in [5.74, 6) is 0. The van der Waals surface area contributed by atoms with E-state index in [2.05, 4.69) is 26.8 Å². The zero-order valence-corrected chi connectivity index (χ0v) is 9.85. The summed E-state index contributed by atoms with van der Waals surface area (Å²) in [6, 6.07) is 0. The maximum Gasteiger partial charge on any atom is 0 e. The van der Waals surface area contributed by atoms with Gasteiger partial charge in [-0.1, -0.05) is 26.2 Å². The Bertz CT molecular complexity index is 106. The molecule has 0 fully saturated rings. The minimum atomic E-state index is 0. The zero-order valence-electron chi connectivity index (χ0n) is 7.02. The standard InChI is InChI=1S/C9H14.Y/c1-5-6-7-8-9(2,3)4;/h1,5-6H,8H2,2-4H3;/q-2;. The molecular weight excluding hydrogens is 197 g/mol. The van der Waals surface area contributed by atoms with Gasteiger partial charge in [-0.25, -0.2) is 0 Å². The summed E-state index contributed by atoms with van der Waals surface area (Å²) in [7, 11) is 0. The van der Waals surface area contributed by atoms with E-state index in [9.17, 15) is 0 Å². The average molecular weight is 211 g/mol. The van der Waals surface area contributed by atoms with Crippen LogP contribution in [0.15, 0.2) is 12.2 Å². The van der Waals surface area contributed by atoms with Crippen LogP contribution in [0.4, 0.5) is 0 Å². The molecule has 0 heterocycles. The van der Waals surface area contributed by atoms with Crippen LogP contribution in [0.25, 0.3) is 0 Å². The van der Waals surface area contributed by atoms with Crippen molar-refractivity contribution < 1.29 is 32.7 Å². The van der Waals surface area contributed by atoms with Gasteiger partial charge in [0.15, 0.2) is 0 Å². The molecule has 1 heteroatoms. The van der Waals surface area contributed by atoms with Crippen molar-refractivity contribution in [3.8, 4) is 0 Å². The summed E-state index contributed by atoms with van der Waals surface area (Å²) in [6.45, 7) is 11.6. The van der Waals surface area contributed by atoms with Crippen LogP contribution in [0.1, 0.15) is 27.2 Å². The van der Waals surface area contributed by atoms with Crippen LogP contribution < -0.4 is 0 Å². The molecule has 0 aliphatic heterocycles. The van der Waals surface area contributed by atoms with Gasteiger partial charge in [-0.15, -0.1) is 6.42 Å². The molecule has 0 spiro atoms. The largest absolute Gasteiger partial charge is 0.394 e. The first-order chi connectivity index (χ1) is 4.06. The summed E-state index contributed by atoms with van der Waals surface area (Å²) >= 11 is 0. The fraction of sp³-hybridized carbons (Fsp3) is 0.556. The fourth-order valence-corrected chi connectivity index (χ4v) is 0.433. The number of hydrogen-bond donors (Lipinski definition) is 0. The van der Waals surface area contributed by atoms with Crippen molar-refractivity contribution in [1.29, 1.82) is 0 Å². The maximum absolute atomic E-state index is 5.11. The van der Waals surface area contributed by atoms with Crippen LogP contribution in [-0.4, -0.2) is 0 Å². The Labute approximate surface area is 89.7 Å². The Balaban J connectivity index is 0. The van der Waals surface area contributed by atoms with Crippen molar-refractivity contribution >= 4 is 0 Å². The molecule has 0 unspecified atom stereocenters. The number of allylic oxidation sites excluding steroid dienone is 3. The minimum Gasteiger partial charge on any atom is -0.394 e. The van der Waals surface area contributed by atoms with Crippen molar-refractivity contribution in [3.05, 3.63) is 24.8 Å². The molecule has 0 N–H and O–H groups in total. The molecule has 0 atom stereocenters. The van der Waals surface area contributed by atoms with Crippen LogP contribution in [0.5, 0.6) is 0 Å². The third-order valence-electron chi connectivity index (χ3n) is 0.846. The monoisotopic (exact) mass is 211 g/mol. The molecule has 1 radical (unpaired) electrons. The Kier molecular flexibility index (Phi) is 8.32. The summed E-state index contributed by atoms with van der Waals surface area (Å²) in [6.07, 6.45) is 7.29. The first-order valence-electron chi connectivity index (χ1n) is 3.16. The summed E-state index contributed by atoms with van der Waals surface area (Å²) in [4.78, 5) is 0. The quantitative estimate of drug-likeness (QED) is 0.486. The van der Waals surface area contributed by atoms with Crippen LogP contribution >= 0.6 is 0 Å². The molecule has 0 nitrogen and oxygen atoms in total. The van der Waals surface area contributed by atoms with Crippen molar-refractivity contribution in [2.45, 2.75) is 27.2 Å². The molecule has 0 rings (SSSR count). The van der Waals surface area contributed by atoms with Crippen molar-refractivity contribution in [2.75, 3.05) is 0 Å². The van der Waals surface area contributed by atoms with E-state index in [-0.39, 0.29) is 32.7 Å². The first kappa shape index (κ1) is 13.2. The molecule has 0 aromatic rings. The second-order valence-electron chi connectivity index (χ2n) is 3.30. The Morgan fingerprint density at radius 2 is 1.90 bits per heavy atom. The third kappa shape index (κ3) is 11.4. The van der Waals surface area contributed by atoms with E-state index in [0.717, 1.165) is 6.42 Å². The van der Waals surface area contributed by atoms with Gasteiger partial charge >= 0.3 is 0 Å². The van der Waals surface area contributed by atoms with Gasteiger partial charge in [-0.3, -0.25) is 0 Å². The van der Waals surface area contributed by atoms with Gasteiger partial charge in [-0.05, 0) is 0 Å². The van der Waals surface area contributed by atoms with Gasteiger partial charge < -0.3 is 24.8 Å². The average Bonchev–Trinajstić information content (AvgIpc) is 1.63. The van der Waals surface area contributed by atoms with Crippen molar-refractivity contribution in [2.24, 2.45) is 5.41 Å². The topological polar surface area (TPSA) is 0 Å². The van der Waals surface area contributed by atoms with Gasteiger partial charge in [0.05, 0.1) is 0 Å². The predicted octanol–water partition coefficient (Wildman–Crippen LogP) is 2.77. The van der Waals surface area contributed by atoms with Crippen LogP contribution in [0.3, 0.4) is 0 Å². The van der Waals surface area contributed by atoms with Crippen molar-refractivity contribution in [1.82, 2.24) is 0 Å². The smallest absolute Gasteiger partial charge is 0 e. The van der Waals surface area contributed by atoms with E-state index >= 15 is 0 Å². The molecule has 0 aliphatic rings. The molecule has 10 heavy (non-hydrogen) atoms. The number of hydrogen-bond acceptors (Lipinski definition) is 0. The van der Waals surface area contributed by atoms with Crippen molar-refractivity contribution in [3.63, 3.8) is 0 Å². The van der Waals surface area contributed by atoms with E-state index in [0.29, 0.717) is 5.41 Å². The van der Waals surface area contributed by atoms with E-state index in [1.165, 1.54) is 6.08 Å². The second-order valence-corrected chi connectivity index (χ2v) is 3.30. The van der Waals surface area contributed by atoms with Gasteiger partial charge in [0, 0.05) is 32.7 Å². The third-order valence-corrected chi connectivity index (χ3v) is 0.846. The molecule has 0 saturated carbocycles. The predicted molar refractivity (Wildman–Crippen MR) is 40.8 cm³/mol. The summed E-state index contributed by atoms with van der Waals surface area (Å²) in [5, 5.41) is 0. The molecule has 0 aromatic carbocycles. The van der Waals surface area contributed by atoms with Crippen LogP contribution in [0.2, 0.25) is 0 Å². The SMILES string of the molecule is [CH-]=CC=[C-]CC(C)(C)C.[Y].